The lowest BCUT2D eigenvalue weighted by molar-refractivity contribution is -0.143. The average molecular weight is 349 g/mol. The van der Waals surface area contributed by atoms with Crippen LogP contribution in [0.4, 0.5) is 9.18 Å². The van der Waals surface area contributed by atoms with Gasteiger partial charge < -0.3 is 19.4 Å². The molecular weight excluding hydrogens is 329 g/mol. The van der Waals surface area contributed by atoms with Crippen molar-refractivity contribution in [2.24, 2.45) is 5.16 Å². The summed E-state index contributed by atoms with van der Waals surface area (Å²) in [6.45, 7) is 3.82. The molecule has 0 saturated carbocycles. The van der Waals surface area contributed by atoms with Crippen LogP contribution in [-0.2, 0) is 14.4 Å². The maximum absolute atomic E-state index is 13.0. The van der Waals surface area contributed by atoms with E-state index in [2.05, 4.69) is 5.16 Å². The molecule has 0 radical (unpaired) electrons. The molecule has 134 valence electrons. The van der Waals surface area contributed by atoms with Gasteiger partial charge in [-0.1, -0.05) is 17.3 Å². The molecule has 1 fully saturated rings. The smallest absolute Gasteiger partial charge is 0.409 e. The third-order valence-corrected chi connectivity index (χ3v) is 4.24. The molecule has 2 heterocycles. The molecule has 2 aliphatic heterocycles. The third kappa shape index (κ3) is 3.89. The number of rotatable bonds is 3. The van der Waals surface area contributed by atoms with Gasteiger partial charge in [-0.2, -0.15) is 0 Å². The predicted molar refractivity (Wildman–Crippen MR) is 87.6 cm³/mol. The zero-order valence-electron chi connectivity index (χ0n) is 14.0. The Bertz CT molecular complexity index is 669. The lowest BCUT2D eigenvalue weighted by atomic mass is 10.0. The van der Waals surface area contributed by atoms with Crippen molar-refractivity contribution < 1.29 is 23.6 Å². The molecule has 0 unspecified atom stereocenters. The predicted octanol–water partition coefficient (Wildman–Crippen LogP) is 1.62. The number of hydrogen-bond acceptors (Lipinski definition) is 5. The van der Waals surface area contributed by atoms with Crippen LogP contribution in [0, 0.1) is 5.82 Å². The molecule has 1 saturated heterocycles. The molecular formula is C17H20FN3O4. The highest BCUT2D eigenvalue weighted by Crippen LogP contribution is 2.19. The summed E-state index contributed by atoms with van der Waals surface area (Å²) in [6, 6.07) is 5.92. The Kier molecular flexibility index (Phi) is 5.16. The lowest BCUT2D eigenvalue weighted by Gasteiger charge is -2.34. The quantitative estimate of drug-likeness (QED) is 0.831. The Balaban J connectivity index is 1.52. The summed E-state index contributed by atoms with van der Waals surface area (Å²) in [5, 5.41) is 3.96. The molecule has 0 N–H and O–H groups in total. The number of benzene rings is 1. The van der Waals surface area contributed by atoms with Crippen LogP contribution in [0.1, 0.15) is 18.9 Å². The van der Waals surface area contributed by atoms with E-state index in [0.29, 0.717) is 44.9 Å². The summed E-state index contributed by atoms with van der Waals surface area (Å²) >= 11 is 0. The van der Waals surface area contributed by atoms with E-state index in [1.165, 1.54) is 12.1 Å². The summed E-state index contributed by atoms with van der Waals surface area (Å²) in [4.78, 5) is 32.8. The van der Waals surface area contributed by atoms with Crippen molar-refractivity contribution in [1.29, 1.82) is 0 Å². The first-order chi connectivity index (χ1) is 12.1. The van der Waals surface area contributed by atoms with Gasteiger partial charge >= 0.3 is 6.09 Å². The van der Waals surface area contributed by atoms with Gasteiger partial charge in [0.2, 0.25) is 6.10 Å². The highest BCUT2D eigenvalue weighted by atomic mass is 19.1. The van der Waals surface area contributed by atoms with Gasteiger partial charge in [0, 0.05) is 32.6 Å². The maximum Gasteiger partial charge on any atom is 0.409 e. The minimum absolute atomic E-state index is 0.149. The summed E-state index contributed by atoms with van der Waals surface area (Å²) in [5.74, 6) is -0.472. The zero-order valence-corrected chi connectivity index (χ0v) is 14.0. The summed E-state index contributed by atoms with van der Waals surface area (Å²) < 4.78 is 18.0. The number of carbonyl (C=O) groups excluding carboxylic acids is 2. The normalized spacial score (nSPS) is 20.1. The monoisotopic (exact) mass is 349 g/mol. The number of hydrogen-bond donors (Lipinski definition) is 0. The maximum atomic E-state index is 13.0. The Morgan fingerprint density at radius 3 is 2.48 bits per heavy atom. The fraction of sp³-hybridized carbons (Fsp3) is 0.471. The van der Waals surface area contributed by atoms with Crippen molar-refractivity contribution in [1.82, 2.24) is 9.80 Å². The summed E-state index contributed by atoms with van der Waals surface area (Å²) in [7, 11) is 0. The summed E-state index contributed by atoms with van der Waals surface area (Å²) in [6.07, 6.45) is -0.675. The molecule has 1 aromatic rings. The molecule has 2 amide bonds. The molecule has 25 heavy (non-hydrogen) atoms. The van der Waals surface area contributed by atoms with Gasteiger partial charge in [-0.15, -0.1) is 0 Å². The van der Waals surface area contributed by atoms with Gasteiger partial charge in [0.25, 0.3) is 5.91 Å². The van der Waals surface area contributed by atoms with Crippen LogP contribution < -0.4 is 0 Å². The average Bonchev–Trinajstić information content (AvgIpc) is 3.12. The first-order valence-electron chi connectivity index (χ1n) is 8.27. The van der Waals surface area contributed by atoms with Crippen molar-refractivity contribution in [2.75, 3.05) is 32.8 Å². The number of carbonyl (C=O) groups is 2. The molecule has 3 rings (SSSR count). The third-order valence-electron chi connectivity index (χ3n) is 4.24. The van der Waals surface area contributed by atoms with Gasteiger partial charge in [0.15, 0.2) is 0 Å². The largest absolute Gasteiger partial charge is 0.450 e. The van der Waals surface area contributed by atoms with Crippen LogP contribution in [0.2, 0.25) is 0 Å². The molecule has 0 aromatic heterocycles. The Labute approximate surface area is 145 Å². The van der Waals surface area contributed by atoms with Gasteiger partial charge in [0.1, 0.15) is 5.82 Å². The van der Waals surface area contributed by atoms with Crippen molar-refractivity contribution >= 4 is 17.7 Å². The van der Waals surface area contributed by atoms with Crippen LogP contribution in [0.5, 0.6) is 0 Å². The van der Waals surface area contributed by atoms with Crippen LogP contribution in [-0.4, -0.2) is 66.4 Å². The van der Waals surface area contributed by atoms with Crippen molar-refractivity contribution in [3.63, 3.8) is 0 Å². The van der Waals surface area contributed by atoms with E-state index in [4.69, 9.17) is 9.57 Å². The number of halogens is 1. The van der Waals surface area contributed by atoms with Crippen LogP contribution >= 0.6 is 0 Å². The zero-order chi connectivity index (χ0) is 17.8. The Morgan fingerprint density at radius 1 is 1.20 bits per heavy atom. The molecule has 1 aromatic carbocycles. The van der Waals surface area contributed by atoms with E-state index in [-0.39, 0.29) is 17.8 Å². The molecule has 1 atom stereocenters. The second-order valence-corrected chi connectivity index (χ2v) is 5.85. The van der Waals surface area contributed by atoms with Crippen molar-refractivity contribution in [3.05, 3.63) is 35.6 Å². The van der Waals surface area contributed by atoms with Gasteiger partial charge in [-0.05, 0) is 24.6 Å². The highest BCUT2D eigenvalue weighted by Gasteiger charge is 2.34. The molecule has 2 aliphatic rings. The van der Waals surface area contributed by atoms with Crippen molar-refractivity contribution in [2.45, 2.75) is 19.4 Å². The number of amides is 2. The summed E-state index contributed by atoms with van der Waals surface area (Å²) in [5.41, 5.74) is 1.37. The first-order valence-corrected chi connectivity index (χ1v) is 8.27. The minimum Gasteiger partial charge on any atom is -0.450 e. The fourth-order valence-corrected chi connectivity index (χ4v) is 2.85. The van der Waals surface area contributed by atoms with E-state index < -0.39 is 6.10 Å². The molecule has 0 bridgehead atoms. The molecule has 8 heteroatoms. The van der Waals surface area contributed by atoms with E-state index >= 15 is 0 Å². The van der Waals surface area contributed by atoms with E-state index in [1.54, 1.807) is 28.9 Å². The minimum atomic E-state index is -0.672. The van der Waals surface area contributed by atoms with Crippen LogP contribution in [0.25, 0.3) is 0 Å². The molecule has 0 spiro atoms. The van der Waals surface area contributed by atoms with Crippen LogP contribution in [0.3, 0.4) is 0 Å². The van der Waals surface area contributed by atoms with Gasteiger partial charge in [-0.25, -0.2) is 9.18 Å². The number of piperazine rings is 1. The Morgan fingerprint density at radius 2 is 1.84 bits per heavy atom. The van der Waals surface area contributed by atoms with E-state index in [9.17, 15) is 14.0 Å². The molecule has 0 aliphatic carbocycles. The number of oxime groups is 1. The Hall–Kier alpha value is -2.64. The van der Waals surface area contributed by atoms with Gasteiger partial charge in [0.05, 0.1) is 12.3 Å². The second kappa shape index (κ2) is 7.50. The standard InChI is InChI=1S/C17H20FN3O4/c1-2-24-17(23)21-9-7-20(8-10-21)16(22)15-11-14(19-25-15)12-3-5-13(18)6-4-12/h3-6,15H,2,7-11H2,1H3/t15-/m1/s1. The molecule has 7 nitrogen and oxygen atoms in total. The second-order valence-electron chi connectivity index (χ2n) is 5.85. The van der Waals surface area contributed by atoms with Gasteiger partial charge in [-0.3, -0.25) is 4.79 Å². The number of ether oxygens (including phenoxy) is 1. The topological polar surface area (TPSA) is 71.4 Å². The first kappa shape index (κ1) is 17.2. The van der Waals surface area contributed by atoms with E-state index in [1.807, 2.05) is 0 Å². The number of nitrogens with zero attached hydrogens (tertiary/aromatic N) is 3. The highest BCUT2D eigenvalue weighted by molar-refractivity contribution is 6.04. The SMILES string of the molecule is CCOC(=O)N1CCN(C(=O)[C@H]2CC(c3ccc(F)cc3)=NO2)CC1. The van der Waals surface area contributed by atoms with E-state index in [0.717, 1.165) is 5.56 Å². The van der Waals surface area contributed by atoms with Crippen LogP contribution in [0.15, 0.2) is 29.4 Å². The fourth-order valence-electron chi connectivity index (χ4n) is 2.85. The van der Waals surface area contributed by atoms with Crippen molar-refractivity contribution in [3.8, 4) is 0 Å². The lowest BCUT2D eigenvalue weighted by Crippen LogP contribution is -2.53.